The van der Waals surface area contributed by atoms with Gasteiger partial charge in [0, 0.05) is 13.1 Å². The maximum atomic E-state index is 5.79. The maximum Gasteiger partial charge on any atom is 0.258 e. The lowest BCUT2D eigenvalue weighted by molar-refractivity contribution is -0.00561. The van der Waals surface area contributed by atoms with Crippen LogP contribution in [-0.2, 0) is 4.74 Å². The normalized spacial score (nSPS) is 22.5. The first-order valence-electron chi connectivity index (χ1n) is 7.47. The van der Waals surface area contributed by atoms with E-state index in [1.54, 1.807) is 0 Å². The molecule has 1 aromatic carbocycles. The Morgan fingerprint density at radius 2 is 1.76 bits per heavy atom. The van der Waals surface area contributed by atoms with Gasteiger partial charge in [-0.2, -0.15) is 0 Å². The zero-order valence-electron chi connectivity index (χ0n) is 12.7. The number of ether oxygens (including phenoxy) is 2. The van der Waals surface area contributed by atoms with Gasteiger partial charge in [-0.05, 0) is 32.9 Å². The van der Waals surface area contributed by atoms with Crippen molar-refractivity contribution in [2.45, 2.75) is 33.0 Å². The monoisotopic (exact) mass is 287 g/mol. The second kappa shape index (κ2) is 5.85. The van der Waals surface area contributed by atoms with Gasteiger partial charge in [0.1, 0.15) is 0 Å². The van der Waals surface area contributed by atoms with Gasteiger partial charge in [0.2, 0.25) is 0 Å². The van der Waals surface area contributed by atoms with E-state index in [1.807, 2.05) is 31.2 Å². The Balaban J connectivity index is 2.04. The molecule has 0 N–H and O–H groups in total. The van der Waals surface area contributed by atoms with Crippen LogP contribution in [0, 0.1) is 0 Å². The molecule has 0 saturated carbocycles. The van der Waals surface area contributed by atoms with Crippen molar-refractivity contribution in [1.29, 1.82) is 0 Å². The van der Waals surface area contributed by atoms with Crippen molar-refractivity contribution in [1.82, 2.24) is 9.97 Å². The van der Waals surface area contributed by atoms with Crippen LogP contribution in [0.5, 0.6) is 5.88 Å². The van der Waals surface area contributed by atoms with Crippen LogP contribution < -0.4 is 9.64 Å². The van der Waals surface area contributed by atoms with Gasteiger partial charge in [-0.1, -0.05) is 12.1 Å². The number of aromatic nitrogens is 2. The lowest BCUT2D eigenvalue weighted by atomic mass is 10.2. The van der Waals surface area contributed by atoms with Crippen LogP contribution in [0.4, 0.5) is 5.82 Å². The molecule has 2 atom stereocenters. The lowest BCUT2D eigenvalue weighted by Crippen LogP contribution is -2.46. The third-order valence-corrected chi connectivity index (χ3v) is 3.52. The lowest BCUT2D eigenvalue weighted by Gasteiger charge is -2.36. The van der Waals surface area contributed by atoms with Gasteiger partial charge in [-0.25, -0.2) is 9.97 Å². The molecule has 0 amide bonds. The minimum Gasteiger partial charge on any atom is -0.475 e. The van der Waals surface area contributed by atoms with Crippen LogP contribution in [-0.4, -0.2) is 41.9 Å². The highest BCUT2D eigenvalue weighted by atomic mass is 16.5. The largest absolute Gasteiger partial charge is 0.475 e. The van der Waals surface area contributed by atoms with Crippen LogP contribution in [0.25, 0.3) is 11.0 Å². The van der Waals surface area contributed by atoms with E-state index in [0.29, 0.717) is 12.5 Å². The van der Waals surface area contributed by atoms with Crippen molar-refractivity contribution in [3.8, 4) is 5.88 Å². The molecule has 1 saturated heterocycles. The molecule has 112 valence electrons. The fourth-order valence-electron chi connectivity index (χ4n) is 2.76. The second-order valence-electron chi connectivity index (χ2n) is 5.44. The average Bonchev–Trinajstić information content (AvgIpc) is 2.46. The van der Waals surface area contributed by atoms with Gasteiger partial charge in [0.25, 0.3) is 5.88 Å². The van der Waals surface area contributed by atoms with E-state index in [1.165, 1.54) is 0 Å². The number of hydrogen-bond acceptors (Lipinski definition) is 5. The van der Waals surface area contributed by atoms with Crippen molar-refractivity contribution < 1.29 is 9.47 Å². The van der Waals surface area contributed by atoms with Crippen LogP contribution in [0.2, 0.25) is 0 Å². The fraction of sp³-hybridized carbons (Fsp3) is 0.500. The molecule has 2 aromatic rings. The van der Waals surface area contributed by atoms with E-state index in [0.717, 1.165) is 29.9 Å². The number of fused-ring (bicyclic) bond motifs is 1. The highest BCUT2D eigenvalue weighted by molar-refractivity contribution is 5.77. The zero-order valence-corrected chi connectivity index (χ0v) is 12.7. The maximum absolute atomic E-state index is 5.79. The fourth-order valence-corrected chi connectivity index (χ4v) is 2.76. The number of benzene rings is 1. The van der Waals surface area contributed by atoms with Crippen molar-refractivity contribution in [3.05, 3.63) is 24.3 Å². The summed E-state index contributed by atoms with van der Waals surface area (Å²) in [7, 11) is 0. The van der Waals surface area contributed by atoms with Crippen LogP contribution in [0.3, 0.4) is 0 Å². The van der Waals surface area contributed by atoms with Gasteiger partial charge in [0.15, 0.2) is 5.82 Å². The topological polar surface area (TPSA) is 47.5 Å². The number of morpholine rings is 1. The Kier molecular flexibility index (Phi) is 3.92. The Morgan fingerprint density at radius 1 is 1.14 bits per heavy atom. The SMILES string of the molecule is CCOc1nc2ccccc2nc1N1C[C@@H](C)O[C@@H](C)C1. The van der Waals surface area contributed by atoms with Crippen molar-refractivity contribution in [3.63, 3.8) is 0 Å². The molecule has 1 aliphatic heterocycles. The molecule has 0 unspecified atom stereocenters. The summed E-state index contributed by atoms with van der Waals surface area (Å²) >= 11 is 0. The van der Waals surface area contributed by atoms with Gasteiger partial charge in [-0.3, -0.25) is 0 Å². The van der Waals surface area contributed by atoms with E-state index >= 15 is 0 Å². The van der Waals surface area contributed by atoms with E-state index < -0.39 is 0 Å². The third kappa shape index (κ3) is 2.93. The molecular weight excluding hydrogens is 266 g/mol. The summed E-state index contributed by atoms with van der Waals surface area (Å²) in [5.74, 6) is 1.43. The standard InChI is InChI=1S/C16H21N3O2/c1-4-20-16-15(19-9-11(2)21-12(3)10-19)17-13-7-5-6-8-14(13)18-16/h5-8,11-12H,4,9-10H2,1-3H3/t11-,12+. The second-order valence-corrected chi connectivity index (χ2v) is 5.44. The van der Waals surface area contributed by atoms with Gasteiger partial charge < -0.3 is 14.4 Å². The average molecular weight is 287 g/mol. The van der Waals surface area contributed by atoms with E-state index in [-0.39, 0.29) is 12.2 Å². The zero-order chi connectivity index (χ0) is 14.8. The molecule has 0 radical (unpaired) electrons. The third-order valence-electron chi connectivity index (χ3n) is 3.52. The number of rotatable bonds is 3. The summed E-state index contributed by atoms with van der Waals surface area (Å²) in [4.78, 5) is 11.6. The molecule has 0 spiro atoms. The minimum absolute atomic E-state index is 0.177. The number of hydrogen-bond donors (Lipinski definition) is 0. The van der Waals surface area contributed by atoms with E-state index in [9.17, 15) is 0 Å². The highest BCUT2D eigenvalue weighted by Crippen LogP contribution is 2.29. The first-order valence-corrected chi connectivity index (χ1v) is 7.47. The molecule has 1 aromatic heterocycles. The molecule has 21 heavy (non-hydrogen) atoms. The molecule has 1 aliphatic rings. The molecule has 1 fully saturated rings. The van der Waals surface area contributed by atoms with Crippen LogP contribution >= 0.6 is 0 Å². The van der Waals surface area contributed by atoms with E-state index in [4.69, 9.17) is 14.5 Å². The van der Waals surface area contributed by atoms with Crippen LogP contribution in [0.15, 0.2) is 24.3 Å². The summed E-state index contributed by atoms with van der Waals surface area (Å²) < 4.78 is 11.5. The van der Waals surface area contributed by atoms with Gasteiger partial charge in [-0.15, -0.1) is 0 Å². The van der Waals surface area contributed by atoms with Gasteiger partial charge >= 0.3 is 0 Å². The smallest absolute Gasteiger partial charge is 0.258 e. The summed E-state index contributed by atoms with van der Waals surface area (Å²) in [6.45, 7) is 8.31. The van der Waals surface area contributed by atoms with Crippen molar-refractivity contribution in [2.75, 3.05) is 24.6 Å². The van der Waals surface area contributed by atoms with Crippen molar-refractivity contribution in [2.24, 2.45) is 0 Å². The highest BCUT2D eigenvalue weighted by Gasteiger charge is 2.26. The van der Waals surface area contributed by atoms with E-state index in [2.05, 4.69) is 23.7 Å². The summed E-state index contributed by atoms with van der Waals surface area (Å²) in [5.41, 5.74) is 1.75. The Morgan fingerprint density at radius 3 is 2.38 bits per heavy atom. The number of para-hydroxylation sites is 2. The first-order chi connectivity index (χ1) is 10.2. The van der Waals surface area contributed by atoms with Crippen LogP contribution in [0.1, 0.15) is 20.8 Å². The molecule has 0 aliphatic carbocycles. The molecule has 0 bridgehead atoms. The summed E-state index contributed by atoms with van der Waals surface area (Å²) in [6.07, 6.45) is 0.355. The molecule has 3 rings (SSSR count). The predicted octanol–water partition coefficient (Wildman–Crippen LogP) is 2.64. The Bertz CT molecular complexity index is 622. The molecule has 5 heteroatoms. The number of nitrogens with zero attached hydrogens (tertiary/aromatic N) is 3. The quantitative estimate of drug-likeness (QED) is 0.868. The summed E-state index contributed by atoms with van der Waals surface area (Å²) in [6, 6.07) is 7.88. The number of anilines is 1. The summed E-state index contributed by atoms with van der Waals surface area (Å²) in [5, 5.41) is 0. The predicted molar refractivity (Wildman–Crippen MR) is 82.9 cm³/mol. The van der Waals surface area contributed by atoms with Crippen molar-refractivity contribution >= 4 is 16.9 Å². The Hall–Kier alpha value is -1.88. The Labute approximate surface area is 124 Å². The molecular formula is C16H21N3O2. The minimum atomic E-state index is 0.177. The first kappa shape index (κ1) is 14.1. The van der Waals surface area contributed by atoms with Gasteiger partial charge in [0.05, 0.1) is 29.8 Å². The molecule has 2 heterocycles. The molecule has 5 nitrogen and oxygen atoms in total.